The molecule has 0 saturated carbocycles. The molecule has 0 amide bonds. The lowest BCUT2D eigenvalue weighted by atomic mass is 9.82. The summed E-state index contributed by atoms with van der Waals surface area (Å²) in [5.41, 5.74) is 6.93. The molecule has 3 aliphatic rings. The Labute approximate surface area is 150 Å². The zero-order valence-electron chi connectivity index (χ0n) is 15.4. The minimum atomic E-state index is 0.666. The van der Waals surface area contributed by atoms with Crippen LogP contribution in [-0.4, -0.2) is 41.6 Å². The Kier molecular flexibility index (Phi) is 3.43. The van der Waals surface area contributed by atoms with E-state index < -0.39 is 0 Å². The first kappa shape index (κ1) is 15.4. The van der Waals surface area contributed by atoms with E-state index in [4.69, 9.17) is 0 Å². The Morgan fingerprint density at radius 2 is 1.92 bits per heavy atom. The number of aromatic nitrogens is 1. The maximum absolute atomic E-state index is 4.47. The van der Waals surface area contributed by atoms with Crippen LogP contribution in [0.15, 0.2) is 36.5 Å². The minimum absolute atomic E-state index is 0.666. The summed E-state index contributed by atoms with van der Waals surface area (Å²) in [7, 11) is 2.35. The van der Waals surface area contributed by atoms with E-state index in [9.17, 15) is 0 Å². The second-order valence-electron chi connectivity index (χ2n) is 8.21. The lowest BCUT2D eigenvalue weighted by Gasteiger charge is -2.33. The van der Waals surface area contributed by atoms with Gasteiger partial charge in [0.15, 0.2) is 0 Å². The average Bonchev–Trinajstić information content (AvgIpc) is 3.22. The molecule has 5 rings (SSSR count). The fourth-order valence-corrected chi connectivity index (χ4v) is 5.63. The number of fused-ring (bicyclic) bond motifs is 7. The van der Waals surface area contributed by atoms with Gasteiger partial charge in [-0.15, -0.1) is 0 Å². The third kappa shape index (κ3) is 2.25. The van der Waals surface area contributed by atoms with E-state index in [1.54, 1.807) is 5.56 Å². The molecule has 3 heteroatoms. The number of pyridine rings is 1. The number of likely N-dealkylation sites (N-methyl/N-ethyl adjacent to an activating group) is 1. The van der Waals surface area contributed by atoms with Gasteiger partial charge in [-0.25, -0.2) is 0 Å². The molecule has 0 radical (unpaired) electrons. The van der Waals surface area contributed by atoms with Gasteiger partial charge >= 0.3 is 0 Å². The molecule has 3 nitrogen and oxygen atoms in total. The highest BCUT2D eigenvalue weighted by Gasteiger charge is 2.57. The summed E-state index contributed by atoms with van der Waals surface area (Å²) >= 11 is 0. The molecule has 0 aliphatic carbocycles. The number of aryl methyl sites for hydroxylation is 2. The average molecular weight is 333 g/mol. The predicted octanol–water partition coefficient (Wildman–Crippen LogP) is 3.69. The number of hydrogen-bond donors (Lipinski definition) is 0. The van der Waals surface area contributed by atoms with Gasteiger partial charge in [-0.1, -0.05) is 23.8 Å². The molecule has 4 atom stereocenters. The standard InChI is InChI=1S/C22H27N3/c1-14-4-7-18-17(12-14)21-19-8-9-20(24(19)3)22(21)25(18)11-10-16-6-5-15(2)23-13-16/h4-7,12-13,19-22H,8-11H2,1-3H3. The zero-order chi connectivity index (χ0) is 17.1. The molecule has 0 spiro atoms. The number of hydrogen-bond acceptors (Lipinski definition) is 3. The van der Waals surface area contributed by atoms with Crippen LogP contribution in [0.4, 0.5) is 5.69 Å². The van der Waals surface area contributed by atoms with E-state index in [-0.39, 0.29) is 0 Å². The van der Waals surface area contributed by atoms with E-state index in [0.717, 1.165) is 30.7 Å². The number of nitrogens with zero attached hydrogens (tertiary/aromatic N) is 3. The summed E-state index contributed by atoms with van der Waals surface area (Å²) in [6.45, 7) is 5.38. The second-order valence-corrected chi connectivity index (χ2v) is 8.21. The van der Waals surface area contributed by atoms with E-state index in [1.807, 2.05) is 6.20 Å². The third-order valence-electron chi connectivity index (χ3n) is 6.81. The Balaban J connectivity index is 1.47. The number of rotatable bonds is 3. The van der Waals surface area contributed by atoms with Crippen LogP contribution in [0.3, 0.4) is 0 Å². The quantitative estimate of drug-likeness (QED) is 0.854. The van der Waals surface area contributed by atoms with Crippen LogP contribution in [0.2, 0.25) is 0 Å². The van der Waals surface area contributed by atoms with Crippen molar-refractivity contribution >= 4 is 5.69 Å². The van der Waals surface area contributed by atoms with Gasteiger partial charge in [0.05, 0.1) is 6.04 Å². The van der Waals surface area contributed by atoms with Crippen LogP contribution in [0.25, 0.3) is 0 Å². The summed E-state index contributed by atoms with van der Waals surface area (Å²) in [4.78, 5) is 9.86. The molecule has 4 unspecified atom stereocenters. The van der Waals surface area contributed by atoms with Gasteiger partial charge in [-0.3, -0.25) is 9.88 Å². The smallest absolute Gasteiger partial charge is 0.0529 e. The van der Waals surface area contributed by atoms with Gasteiger partial charge in [-0.05, 0) is 63.4 Å². The van der Waals surface area contributed by atoms with E-state index in [0.29, 0.717) is 12.0 Å². The number of benzene rings is 1. The zero-order valence-corrected chi connectivity index (χ0v) is 15.4. The maximum atomic E-state index is 4.47. The van der Waals surface area contributed by atoms with Crippen molar-refractivity contribution in [1.29, 1.82) is 0 Å². The van der Waals surface area contributed by atoms with E-state index in [2.05, 4.69) is 66.0 Å². The van der Waals surface area contributed by atoms with Crippen LogP contribution in [0, 0.1) is 13.8 Å². The minimum Gasteiger partial charge on any atom is -0.366 e. The topological polar surface area (TPSA) is 19.4 Å². The predicted molar refractivity (Wildman–Crippen MR) is 102 cm³/mol. The highest BCUT2D eigenvalue weighted by Crippen LogP contribution is 2.55. The van der Waals surface area contributed by atoms with Crippen LogP contribution in [-0.2, 0) is 6.42 Å². The first-order chi connectivity index (χ1) is 12.1. The Bertz CT molecular complexity index is 797. The fraction of sp³-hybridized carbons (Fsp3) is 0.500. The first-order valence-electron chi connectivity index (χ1n) is 9.64. The lowest BCUT2D eigenvalue weighted by molar-refractivity contribution is 0.300. The third-order valence-corrected chi connectivity index (χ3v) is 6.81. The van der Waals surface area contributed by atoms with Gasteiger partial charge < -0.3 is 4.90 Å². The van der Waals surface area contributed by atoms with Crippen molar-refractivity contribution in [3.8, 4) is 0 Å². The molecular weight excluding hydrogens is 306 g/mol. The van der Waals surface area contributed by atoms with Crippen molar-refractivity contribution in [1.82, 2.24) is 9.88 Å². The van der Waals surface area contributed by atoms with Crippen LogP contribution in [0.1, 0.15) is 41.1 Å². The van der Waals surface area contributed by atoms with Crippen molar-refractivity contribution in [2.75, 3.05) is 18.5 Å². The van der Waals surface area contributed by atoms with Crippen LogP contribution >= 0.6 is 0 Å². The maximum Gasteiger partial charge on any atom is 0.0529 e. The number of anilines is 1. The summed E-state index contributed by atoms with van der Waals surface area (Å²) in [6.07, 6.45) is 5.85. The van der Waals surface area contributed by atoms with Crippen molar-refractivity contribution in [2.24, 2.45) is 0 Å². The summed E-state index contributed by atoms with van der Waals surface area (Å²) in [6, 6.07) is 13.6. The van der Waals surface area contributed by atoms with Gasteiger partial charge in [0.1, 0.15) is 0 Å². The van der Waals surface area contributed by atoms with Crippen LogP contribution in [0.5, 0.6) is 0 Å². The van der Waals surface area contributed by atoms with Gasteiger partial charge in [0.2, 0.25) is 0 Å². The SMILES string of the molecule is Cc1ccc2c(c1)C1C(C3CCC1N3C)N2CCc1ccc(C)nc1. The van der Waals surface area contributed by atoms with Crippen LogP contribution < -0.4 is 4.90 Å². The Morgan fingerprint density at radius 1 is 1.08 bits per heavy atom. The highest BCUT2D eigenvalue weighted by molar-refractivity contribution is 5.65. The summed E-state index contributed by atoms with van der Waals surface area (Å²) < 4.78 is 0. The second kappa shape index (κ2) is 5.57. The van der Waals surface area contributed by atoms with Crippen molar-refractivity contribution in [3.63, 3.8) is 0 Å². The van der Waals surface area contributed by atoms with E-state index >= 15 is 0 Å². The molecule has 2 aromatic rings. The monoisotopic (exact) mass is 333 g/mol. The van der Waals surface area contributed by atoms with E-state index in [1.165, 1.54) is 29.7 Å². The summed E-state index contributed by atoms with van der Waals surface area (Å²) in [5, 5.41) is 0. The molecular formula is C22H27N3. The van der Waals surface area contributed by atoms with Crippen molar-refractivity contribution < 1.29 is 0 Å². The first-order valence-corrected chi connectivity index (χ1v) is 9.64. The van der Waals surface area contributed by atoms with Gasteiger partial charge in [-0.2, -0.15) is 0 Å². The molecule has 25 heavy (non-hydrogen) atoms. The molecule has 4 heterocycles. The lowest BCUT2D eigenvalue weighted by Crippen LogP contribution is -2.44. The largest absolute Gasteiger partial charge is 0.366 e. The summed E-state index contributed by atoms with van der Waals surface area (Å²) in [5.74, 6) is 0.704. The fourth-order valence-electron chi connectivity index (χ4n) is 5.63. The molecule has 2 fully saturated rings. The molecule has 0 N–H and O–H groups in total. The van der Waals surface area contributed by atoms with Crippen molar-refractivity contribution in [3.05, 3.63) is 58.9 Å². The van der Waals surface area contributed by atoms with Gasteiger partial charge in [0.25, 0.3) is 0 Å². The van der Waals surface area contributed by atoms with Crippen molar-refractivity contribution in [2.45, 2.75) is 57.2 Å². The van der Waals surface area contributed by atoms with Gasteiger partial charge in [0, 0.05) is 42.1 Å². The molecule has 2 bridgehead atoms. The molecule has 1 aromatic carbocycles. The Morgan fingerprint density at radius 3 is 2.72 bits per heavy atom. The molecule has 2 saturated heterocycles. The molecule has 1 aromatic heterocycles. The molecule has 3 aliphatic heterocycles. The Hall–Kier alpha value is -1.87. The molecule has 130 valence electrons. The highest BCUT2D eigenvalue weighted by atomic mass is 15.3. The normalized spacial score (nSPS) is 30.0.